The van der Waals surface area contributed by atoms with Gasteiger partial charge in [0.05, 0.1) is 0 Å². The molecule has 1 N–H and O–H groups in total. The van der Waals surface area contributed by atoms with Crippen LogP contribution in [-0.2, 0) is 22.6 Å². The molecule has 0 spiro atoms. The van der Waals surface area contributed by atoms with Gasteiger partial charge in [0.25, 0.3) is 5.91 Å². The lowest BCUT2D eigenvalue weighted by atomic mass is 10.0. The van der Waals surface area contributed by atoms with Crippen LogP contribution in [0.1, 0.15) is 37.0 Å². The Kier molecular flexibility index (Phi) is 10.4. The van der Waals surface area contributed by atoms with Crippen molar-refractivity contribution < 1.29 is 14.3 Å². The van der Waals surface area contributed by atoms with E-state index in [-0.39, 0.29) is 31.0 Å². The van der Waals surface area contributed by atoms with Crippen molar-refractivity contribution >= 4 is 39.3 Å². The van der Waals surface area contributed by atoms with E-state index in [1.807, 2.05) is 81.4 Å². The Balaban J connectivity index is 1.90. The lowest BCUT2D eigenvalue weighted by Crippen LogP contribution is -2.53. The van der Waals surface area contributed by atoms with E-state index >= 15 is 0 Å². The monoisotopic (exact) mass is 570 g/mol. The van der Waals surface area contributed by atoms with E-state index < -0.39 is 6.04 Å². The molecule has 7 heteroatoms. The molecule has 3 aromatic carbocycles. The van der Waals surface area contributed by atoms with Crippen LogP contribution < -0.4 is 10.1 Å². The summed E-state index contributed by atoms with van der Waals surface area (Å²) in [5.41, 5.74) is 2.86. The molecule has 2 atom stereocenters. The quantitative estimate of drug-likeness (QED) is 0.292. The molecule has 0 saturated carbocycles. The second-order valence-corrected chi connectivity index (χ2v) is 10.2. The zero-order valence-corrected chi connectivity index (χ0v) is 23.2. The van der Waals surface area contributed by atoms with E-state index in [2.05, 4.69) is 21.2 Å². The van der Waals surface area contributed by atoms with Gasteiger partial charge in [0.2, 0.25) is 5.91 Å². The van der Waals surface area contributed by atoms with Crippen LogP contribution in [-0.4, -0.2) is 35.4 Å². The predicted molar refractivity (Wildman–Crippen MR) is 148 cm³/mol. The van der Waals surface area contributed by atoms with Crippen molar-refractivity contribution in [2.24, 2.45) is 0 Å². The summed E-state index contributed by atoms with van der Waals surface area (Å²) in [5, 5.41) is 3.68. The average molecular weight is 572 g/mol. The minimum Gasteiger partial charge on any atom is -0.484 e. The van der Waals surface area contributed by atoms with Crippen molar-refractivity contribution in [3.8, 4) is 5.75 Å². The van der Waals surface area contributed by atoms with Crippen LogP contribution in [0.15, 0.2) is 77.3 Å². The number of amides is 2. The Morgan fingerprint density at radius 2 is 1.72 bits per heavy atom. The van der Waals surface area contributed by atoms with Gasteiger partial charge in [-0.3, -0.25) is 9.59 Å². The lowest BCUT2D eigenvalue weighted by molar-refractivity contribution is -0.143. The number of hydrogen-bond donors (Lipinski definition) is 1. The molecule has 3 aromatic rings. The SMILES string of the molecule is CC[C@H](C)NC(=O)[C@H](Cc1ccccc1)N(Cc1ccc(Cl)cc1)C(=O)COc1ccc(Br)c(C)c1. The second kappa shape index (κ2) is 13.5. The Morgan fingerprint density at radius 1 is 1.03 bits per heavy atom. The van der Waals surface area contributed by atoms with Crippen LogP contribution in [0.25, 0.3) is 0 Å². The number of rotatable bonds is 11. The number of ether oxygens (including phenoxy) is 1. The highest BCUT2D eigenvalue weighted by atomic mass is 79.9. The average Bonchev–Trinajstić information content (AvgIpc) is 2.88. The third-order valence-corrected chi connectivity index (χ3v) is 7.17. The number of hydrogen-bond acceptors (Lipinski definition) is 3. The van der Waals surface area contributed by atoms with Crippen molar-refractivity contribution in [1.82, 2.24) is 10.2 Å². The van der Waals surface area contributed by atoms with Gasteiger partial charge < -0.3 is 15.0 Å². The molecule has 3 rings (SSSR count). The highest BCUT2D eigenvalue weighted by Crippen LogP contribution is 2.22. The molecule has 0 fully saturated rings. The van der Waals surface area contributed by atoms with E-state index in [4.69, 9.17) is 16.3 Å². The van der Waals surface area contributed by atoms with Crippen molar-refractivity contribution in [3.05, 3.63) is 99.0 Å². The first-order valence-corrected chi connectivity index (χ1v) is 13.2. The fourth-order valence-corrected chi connectivity index (χ4v) is 4.09. The van der Waals surface area contributed by atoms with Gasteiger partial charge in [0.15, 0.2) is 6.61 Å². The summed E-state index contributed by atoms with van der Waals surface area (Å²) < 4.78 is 6.83. The molecule has 0 bridgehead atoms. The van der Waals surface area contributed by atoms with Crippen molar-refractivity contribution in [3.63, 3.8) is 0 Å². The Hall–Kier alpha value is -2.83. The summed E-state index contributed by atoms with van der Waals surface area (Å²) in [4.78, 5) is 28.7. The zero-order valence-electron chi connectivity index (χ0n) is 20.8. The molecule has 0 aliphatic rings. The van der Waals surface area contributed by atoms with Crippen molar-refractivity contribution in [2.45, 2.75) is 52.2 Å². The highest BCUT2D eigenvalue weighted by Gasteiger charge is 2.31. The number of benzene rings is 3. The number of nitrogens with one attached hydrogen (secondary N) is 1. The zero-order chi connectivity index (χ0) is 26.1. The maximum Gasteiger partial charge on any atom is 0.261 e. The summed E-state index contributed by atoms with van der Waals surface area (Å²) in [6.45, 7) is 6.01. The van der Waals surface area contributed by atoms with Crippen LogP contribution in [0, 0.1) is 6.92 Å². The van der Waals surface area contributed by atoms with Gasteiger partial charge in [-0.15, -0.1) is 0 Å². The van der Waals surface area contributed by atoms with Crippen molar-refractivity contribution in [1.29, 1.82) is 0 Å². The fraction of sp³-hybridized carbons (Fsp3) is 0.310. The fourth-order valence-electron chi connectivity index (χ4n) is 3.72. The van der Waals surface area contributed by atoms with E-state index in [0.29, 0.717) is 17.2 Å². The molecule has 2 amide bonds. The summed E-state index contributed by atoms with van der Waals surface area (Å²) in [6.07, 6.45) is 1.18. The Labute approximate surface area is 226 Å². The topological polar surface area (TPSA) is 58.6 Å². The van der Waals surface area contributed by atoms with Crippen LogP contribution in [0.5, 0.6) is 5.75 Å². The largest absolute Gasteiger partial charge is 0.484 e. The minimum absolute atomic E-state index is 0.00903. The molecule has 0 aromatic heterocycles. The first kappa shape index (κ1) is 27.8. The van der Waals surface area contributed by atoms with Crippen molar-refractivity contribution in [2.75, 3.05) is 6.61 Å². The lowest BCUT2D eigenvalue weighted by Gasteiger charge is -2.32. The molecular weight excluding hydrogens is 540 g/mol. The minimum atomic E-state index is -0.708. The first-order valence-electron chi connectivity index (χ1n) is 12.0. The second-order valence-electron chi connectivity index (χ2n) is 8.87. The third-order valence-electron chi connectivity index (χ3n) is 6.03. The smallest absolute Gasteiger partial charge is 0.261 e. The predicted octanol–water partition coefficient (Wildman–Crippen LogP) is 6.34. The van der Waals surface area contributed by atoms with E-state index in [1.165, 1.54) is 0 Å². The van der Waals surface area contributed by atoms with Gasteiger partial charge in [0, 0.05) is 28.5 Å². The molecular formula is C29H32BrClN2O3. The summed E-state index contributed by atoms with van der Waals surface area (Å²) in [7, 11) is 0. The van der Waals surface area contributed by atoms with Crippen LogP contribution in [0.2, 0.25) is 5.02 Å². The van der Waals surface area contributed by atoms with Gasteiger partial charge in [-0.2, -0.15) is 0 Å². The van der Waals surface area contributed by atoms with E-state index in [1.54, 1.807) is 17.0 Å². The molecule has 0 aliphatic carbocycles. The normalized spacial score (nSPS) is 12.5. The molecule has 0 aliphatic heterocycles. The number of carbonyl (C=O) groups excluding carboxylic acids is 2. The molecule has 36 heavy (non-hydrogen) atoms. The number of aryl methyl sites for hydroxylation is 1. The van der Waals surface area contributed by atoms with E-state index in [9.17, 15) is 9.59 Å². The maximum absolute atomic E-state index is 13.6. The standard InChI is InChI=1S/C29H32BrClN2O3/c1-4-21(3)32-29(35)27(17-22-8-6-5-7-9-22)33(18-23-10-12-24(31)13-11-23)28(34)19-36-25-14-15-26(30)20(2)16-25/h5-16,21,27H,4,17-19H2,1-3H3,(H,32,35)/t21-,27-/m0/s1. The summed E-state index contributed by atoms with van der Waals surface area (Å²) >= 11 is 9.56. The van der Waals surface area contributed by atoms with Crippen LogP contribution in [0.3, 0.4) is 0 Å². The Bertz CT molecular complexity index is 1150. The number of halogens is 2. The molecule has 190 valence electrons. The molecule has 0 heterocycles. The van der Waals surface area contributed by atoms with Crippen LogP contribution >= 0.6 is 27.5 Å². The number of carbonyl (C=O) groups is 2. The highest BCUT2D eigenvalue weighted by molar-refractivity contribution is 9.10. The Morgan fingerprint density at radius 3 is 2.36 bits per heavy atom. The first-order chi connectivity index (χ1) is 17.3. The molecule has 5 nitrogen and oxygen atoms in total. The van der Waals surface area contributed by atoms with E-state index in [0.717, 1.165) is 27.6 Å². The number of nitrogens with zero attached hydrogens (tertiary/aromatic N) is 1. The molecule has 0 radical (unpaired) electrons. The summed E-state index contributed by atoms with van der Waals surface area (Å²) in [5.74, 6) is 0.139. The molecule has 0 unspecified atom stereocenters. The van der Waals surface area contributed by atoms with Gasteiger partial charge in [0.1, 0.15) is 11.8 Å². The van der Waals surface area contributed by atoms with Gasteiger partial charge >= 0.3 is 0 Å². The van der Waals surface area contributed by atoms with Gasteiger partial charge in [-0.1, -0.05) is 76.9 Å². The molecule has 0 saturated heterocycles. The van der Waals surface area contributed by atoms with Gasteiger partial charge in [-0.05, 0) is 67.3 Å². The van der Waals surface area contributed by atoms with Crippen LogP contribution in [0.4, 0.5) is 0 Å². The third kappa shape index (κ3) is 8.10. The maximum atomic E-state index is 13.6. The summed E-state index contributed by atoms with van der Waals surface area (Å²) in [6, 6.07) is 21.9. The van der Waals surface area contributed by atoms with Gasteiger partial charge in [-0.25, -0.2) is 0 Å².